The smallest absolute Gasteiger partial charge is 0.0625 e. The molecule has 1 aromatic heterocycles. The molecule has 0 saturated carbocycles. The summed E-state index contributed by atoms with van der Waals surface area (Å²) in [6.07, 6.45) is 0. The van der Waals surface area contributed by atoms with Gasteiger partial charge in [-0.05, 0) is 22.9 Å². The molecule has 2 heteroatoms. The number of hydrogen-bond acceptors (Lipinski definition) is 0. The average molecular weight is 206 g/mol. The minimum atomic E-state index is 1.15. The molecule has 0 amide bonds. The molecule has 0 aliphatic heterocycles. The highest BCUT2D eigenvalue weighted by Crippen LogP contribution is 2.31. The molecule has 0 unspecified atom stereocenters. The molecule has 0 aliphatic carbocycles. The maximum absolute atomic E-state index is 3.24. The predicted molar refractivity (Wildman–Crippen MR) is 67.7 cm³/mol. The van der Waals surface area contributed by atoms with Gasteiger partial charge in [0.2, 0.25) is 0 Å². The third kappa shape index (κ3) is 0.865. The van der Waals surface area contributed by atoms with Gasteiger partial charge in [0.25, 0.3) is 0 Å². The van der Waals surface area contributed by atoms with Crippen LogP contribution < -0.4 is 0 Å². The molecule has 76 valence electrons. The van der Waals surface area contributed by atoms with Crippen LogP contribution in [0.15, 0.2) is 48.5 Å². The van der Waals surface area contributed by atoms with Crippen LogP contribution in [0.25, 0.3) is 32.6 Å². The van der Waals surface area contributed by atoms with Gasteiger partial charge in [0, 0.05) is 10.8 Å². The summed E-state index contributed by atoms with van der Waals surface area (Å²) in [4.78, 5) is 0. The molecule has 0 bridgehead atoms. The van der Waals surface area contributed by atoms with E-state index in [1.54, 1.807) is 0 Å². The second-order valence-corrected chi connectivity index (χ2v) is 4.12. The summed E-state index contributed by atoms with van der Waals surface area (Å²) in [5, 5.41) is 11.7. The first-order valence-electron chi connectivity index (χ1n) is 5.40. The Balaban J connectivity index is 2.51. The largest absolute Gasteiger partial charge is 0.300 e. The molecule has 1 heterocycles. The molecule has 2 nitrogen and oxygen atoms in total. The zero-order chi connectivity index (χ0) is 10.5. The van der Waals surface area contributed by atoms with Crippen molar-refractivity contribution in [2.24, 2.45) is 0 Å². The number of benzene rings is 3. The first kappa shape index (κ1) is 7.99. The summed E-state index contributed by atoms with van der Waals surface area (Å²) in [5.41, 5.74) is 2.31. The maximum Gasteiger partial charge on any atom is 0.0625 e. The molecular weight excluding hydrogens is 196 g/mol. The van der Waals surface area contributed by atoms with E-state index < -0.39 is 0 Å². The van der Waals surface area contributed by atoms with Gasteiger partial charge < -0.3 is 10.2 Å². The second-order valence-electron chi connectivity index (χ2n) is 4.12. The van der Waals surface area contributed by atoms with Crippen LogP contribution in [0.4, 0.5) is 0 Å². The Morgan fingerprint density at radius 2 is 1.06 bits per heavy atom. The highest BCUT2D eigenvalue weighted by Gasteiger charge is 2.06. The lowest BCUT2D eigenvalue weighted by Crippen LogP contribution is -1.89. The van der Waals surface area contributed by atoms with Crippen LogP contribution in [0.5, 0.6) is 0 Å². The fraction of sp³-hybridized carbons (Fsp3) is 0. The van der Waals surface area contributed by atoms with E-state index in [9.17, 15) is 0 Å². The monoisotopic (exact) mass is 206 g/mol. The van der Waals surface area contributed by atoms with Gasteiger partial charge in [0.1, 0.15) is 0 Å². The summed E-state index contributed by atoms with van der Waals surface area (Å²) >= 11 is 0. The molecule has 3 aromatic carbocycles. The Morgan fingerprint density at radius 1 is 0.562 bits per heavy atom. The molecule has 0 atom stereocenters. The van der Waals surface area contributed by atoms with Crippen molar-refractivity contribution in [1.82, 2.24) is 10.2 Å². The zero-order valence-corrected chi connectivity index (χ0v) is 8.62. The normalized spacial score (nSPS) is 11.8. The van der Waals surface area contributed by atoms with Gasteiger partial charge in [0.05, 0.1) is 11.0 Å². The SMILES string of the molecule is c1cc2ccc3cccc4[nH][nH]c(c1)c2c34. The van der Waals surface area contributed by atoms with E-state index >= 15 is 0 Å². The van der Waals surface area contributed by atoms with Crippen LogP contribution in [-0.2, 0) is 0 Å². The van der Waals surface area contributed by atoms with Gasteiger partial charge in [-0.15, -0.1) is 0 Å². The fourth-order valence-corrected chi connectivity index (χ4v) is 2.50. The standard InChI is InChI=1S/C14H10N2/c1-3-9-7-8-10-4-2-6-12-14(10)13(9)11(5-1)15-16-12/h1-8,15-16H. The summed E-state index contributed by atoms with van der Waals surface area (Å²) in [6.45, 7) is 0. The molecule has 0 radical (unpaired) electrons. The van der Waals surface area contributed by atoms with Crippen molar-refractivity contribution in [2.45, 2.75) is 0 Å². The molecule has 16 heavy (non-hydrogen) atoms. The van der Waals surface area contributed by atoms with Gasteiger partial charge >= 0.3 is 0 Å². The Hall–Kier alpha value is -2.22. The lowest BCUT2D eigenvalue weighted by Gasteiger charge is -2.09. The quantitative estimate of drug-likeness (QED) is 0.410. The summed E-state index contributed by atoms with van der Waals surface area (Å²) < 4.78 is 0. The van der Waals surface area contributed by atoms with E-state index in [0.717, 1.165) is 11.0 Å². The van der Waals surface area contributed by atoms with Crippen molar-refractivity contribution in [1.29, 1.82) is 0 Å². The van der Waals surface area contributed by atoms with Crippen molar-refractivity contribution < 1.29 is 0 Å². The Bertz CT molecular complexity index is 675. The number of hydrogen-bond donors (Lipinski definition) is 2. The molecule has 0 fully saturated rings. The van der Waals surface area contributed by atoms with E-state index in [2.05, 4.69) is 58.7 Å². The second kappa shape index (κ2) is 2.67. The van der Waals surface area contributed by atoms with Crippen LogP contribution >= 0.6 is 0 Å². The van der Waals surface area contributed by atoms with Gasteiger partial charge in [-0.2, -0.15) is 0 Å². The van der Waals surface area contributed by atoms with E-state index in [0.29, 0.717) is 0 Å². The van der Waals surface area contributed by atoms with Crippen molar-refractivity contribution >= 4 is 32.6 Å². The predicted octanol–water partition coefficient (Wildman–Crippen LogP) is 3.80. The number of nitrogens with one attached hydrogen (secondary N) is 2. The third-order valence-corrected chi connectivity index (χ3v) is 3.22. The van der Waals surface area contributed by atoms with Gasteiger partial charge in [-0.25, -0.2) is 0 Å². The van der Waals surface area contributed by atoms with Crippen molar-refractivity contribution in [3.63, 3.8) is 0 Å². The highest BCUT2D eigenvalue weighted by molar-refractivity contribution is 6.20. The van der Waals surface area contributed by atoms with E-state index in [4.69, 9.17) is 0 Å². The Kier molecular flexibility index (Phi) is 1.33. The fourth-order valence-electron chi connectivity index (χ4n) is 2.50. The van der Waals surface area contributed by atoms with Crippen molar-refractivity contribution in [3.8, 4) is 0 Å². The average Bonchev–Trinajstić information content (AvgIpc) is 2.36. The summed E-state index contributed by atoms with van der Waals surface area (Å²) in [5.74, 6) is 0. The first-order chi connectivity index (χ1) is 7.93. The molecule has 0 saturated heterocycles. The molecule has 2 N–H and O–H groups in total. The zero-order valence-electron chi connectivity index (χ0n) is 8.62. The van der Waals surface area contributed by atoms with Gasteiger partial charge in [0.15, 0.2) is 0 Å². The van der Waals surface area contributed by atoms with Crippen LogP contribution in [0, 0.1) is 0 Å². The van der Waals surface area contributed by atoms with Crippen LogP contribution in [0.3, 0.4) is 0 Å². The van der Waals surface area contributed by atoms with Crippen molar-refractivity contribution in [2.75, 3.05) is 0 Å². The van der Waals surface area contributed by atoms with Crippen LogP contribution in [-0.4, -0.2) is 10.2 Å². The summed E-state index contributed by atoms with van der Waals surface area (Å²) in [7, 11) is 0. The highest BCUT2D eigenvalue weighted by atomic mass is 15.1. The van der Waals surface area contributed by atoms with E-state index in [1.165, 1.54) is 21.5 Å². The topological polar surface area (TPSA) is 31.6 Å². The molecule has 0 spiro atoms. The van der Waals surface area contributed by atoms with E-state index in [-0.39, 0.29) is 0 Å². The van der Waals surface area contributed by atoms with Crippen molar-refractivity contribution in [3.05, 3.63) is 48.5 Å². The number of rotatable bonds is 0. The third-order valence-electron chi connectivity index (χ3n) is 3.22. The van der Waals surface area contributed by atoms with Gasteiger partial charge in [-0.3, -0.25) is 0 Å². The Labute approximate surface area is 91.9 Å². The van der Waals surface area contributed by atoms with Crippen LogP contribution in [0.1, 0.15) is 0 Å². The lowest BCUT2D eigenvalue weighted by atomic mass is 10.00. The first-order valence-corrected chi connectivity index (χ1v) is 5.40. The number of H-pyrrole nitrogens is 2. The van der Waals surface area contributed by atoms with E-state index in [1.807, 2.05) is 0 Å². The van der Waals surface area contributed by atoms with Crippen LogP contribution in [0.2, 0.25) is 0 Å². The minimum Gasteiger partial charge on any atom is -0.300 e. The number of aromatic nitrogens is 2. The Morgan fingerprint density at radius 3 is 1.56 bits per heavy atom. The lowest BCUT2D eigenvalue weighted by molar-refractivity contribution is 1.12. The molecule has 4 rings (SSSR count). The summed E-state index contributed by atoms with van der Waals surface area (Å²) in [6, 6.07) is 17.0. The minimum absolute atomic E-state index is 1.15. The maximum atomic E-state index is 3.24. The van der Waals surface area contributed by atoms with Gasteiger partial charge in [-0.1, -0.05) is 36.4 Å². The molecule has 0 aliphatic rings. The molecule has 4 aromatic rings. The molecular formula is C14H10N2. The number of aromatic amines is 2.